The standard InChI is InChI=1S/C21H33N5O3/c1-3-9-26-20(27)19-18(12-22-24(19)2)23-21(26)25(13-16-7-5-4-6-8-16)14-17-15-28-10-11-29-17/h12,16-17H,3-11,13-15H2,1-2H3. The Morgan fingerprint density at radius 3 is 2.76 bits per heavy atom. The Hall–Kier alpha value is -1.93. The van der Waals surface area contributed by atoms with Gasteiger partial charge in [0.1, 0.15) is 5.52 Å². The van der Waals surface area contributed by atoms with Crippen LogP contribution in [-0.2, 0) is 23.1 Å². The fourth-order valence-corrected chi connectivity index (χ4v) is 4.62. The van der Waals surface area contributed by atoms with Crippen molar-refractivity contribution in [1.29, 1.82) is 0 Å². The van der Waals surface area contributed by atoms with Crippen molar-refractivity contribution in [2.45, 2.75) is 58.1 Å². The average Bonchev–Trinajstić information content (AvgIpc) is 3.12. The van der Waals surface area contributed by atoms with Gasteiger partial charge in [0.05, 0.1) is 32.1 Å². The predicted molar refractivity (Wildman–Crippen MR) is 112 cm³/mol. The lowest BCUT2D eigenvalue weighted by atomic mass is 9.89. The zero-order valence-corrected chi connectivity index (χ0v) is 17.7. The smallest absolute Gasteiger partial charge is 0.281 e. The molecule has 2 aliphatic rings. The molecule has 29 heavy (non-hydrogen) atoms. The molecule has 1 aliphatic carbocycles. The Bertz CT molecular complexity index is 845. The molecule has 160 valence electrons. The van der Waals surface area contributed by atoms with Crippen LogP contribution in [0.1, 0.15) is 45.4 Å². The molecule has 8 heteroatoms. The molecule has 0 bridgehead atoms. The maximum atomic E-state index is 13.3. The van der Waals surface area contributed by atoms with E-state index in [-0.39, 0.29) is 11.7 Å². The lowest BCUT2D eigenvalue weighted by Gasteiger charge is -2.35. The highest BCUT2D eigenvalue weighted by Gasteiger charge is 2.26. The first-order chi connectivity index (χ1) is 14.2. The van der Waals surface area contributed by atoms with Crippen LogP contribution in [0.5, 0.6) is 0 Å². The van der Waals surface area contributed by atoms with Gasteiger partial charge in [-0.05, 0) is 25.2 Å². The van der Waals surface area contributed by atoms with Crippen LogP contribution in [0.3, 0.4) is 0 Å². The summed E-state index contributed by atoms with van der Waals surface area (Å²) in [7, 11) is 1.80. The average molecular weight is 404 g/mol. The monoisotopic (exact) mass is 403 g/mol. The highest BCUT2D eigenvalue weighted by molar-refractivity contribution is 5.74. The van der Waals surface area contributed by atoms with Crippen molar-refractivity contribution >= 4 is 17.0 Å². The quantitative estimate of drug-likeness (QED) is 0.706. The third-order valence-corrected chi connectivity index (χ3v) is 6.07. The summed E-state index contributed by atoms with van der Waals surface area (Å²) < 4.78 is 15.0. The Morgan fingerprint density at radius 2 is 2.03 bits per heavy atom. The topological polar surface area (TPSA) is 74.4 Å². The minimum atomic E-state index is -0.0127. The van der Waals surface area contributed by atoms with E-state index < -0.39 is 0 Å². The number of aryl methyl sites for hydroxylation is 1. The number of anilines is 1. The van der Waals surface area contributed by atoms with Crippen LogP contribution >= 0.6 is 0 Å². The first-order valence-corrected chi connectivity index (χ1v) is 11.0. The van der Waals surface area contributed by atoms with Crippen molar-refractivity contribution in [3.05, 3.63) is 16.6 Å². The van der Waals surface area contributed by atoms with Gasteiger partial charge in [0, 0.05) is 26.7 Å². The molecule has 1 unspecified atom stereocenters. The molecule has 0 amide bonds. The molecule has 0 spiro atoms. The molecule has 1 saturated carbocycles. The van der Waals surface area contributed by atoms with Gasteiger partial charge in [0.25, 0.3) is 5.56 Å². The van der Waals surface area contributed by atoms with Gasteiger partial charge in [-0.1, -0.05) is 26.2 Å². The number of rotatable bonds is 7. The molecule has 2 aromatic heterocycles. The van der Waals surface area contributed by atoms with Crippen LogP contribution in [0.2, 0.25) is 0 Å². The number of fused-ring (bicyclic) bond motifs is 1. The summed E-state index contributed by atoms with van der Waals surface area (Å²) in [5, 5.41) is 4.27. The largest absolute Gasteiger partial charge is 0.376 e. The van der Waals surface area contributed by atoms with Gasteiger partial charge < -0.3 is 14.4 Å². The number of nitrogens with zero attached hydrogens (tertiary/aromatic N) is 5. The fourth-order valence-electron chi connectivity index (χ4n) is 4.62. The van der Waals surface area contributed by atoms with Crippen molar-refractivity contribution in [1.82, 2.24) is 19.3 Å². The van der Waals surface area contributed by atoms with Crippen LogP contribution in [-0.4, -0.2) is 58.3 Å². The summed E-state index contributed by atoms with van der Waals surface area (Å²) in [6.07, 6.45) is 8.96. The summed E-state index contributed by atoms with van der Waals surface area (Å²) in [6.45, 7) is 6.20. The third kappa shape index (κ3) is 4.48. The van der Waals surface area contributed by atoms with E-state index in [1.54, 1.807) is 17.9 Å². The zero-order valence-electron chi connectivity index (χ0n) is 17.7. The molecule has 0 radical (unpaired) electrons. The van der Waals surface area contributed by atoms with Crippen molar-refractivity contribution in [3.63, 3.8) is 0 Å². The molecular weight excluding hydrogens is 370 g/mol. The van der Waals surface area contributed by atoms with Crippen molar-refractivity contribution in [2.24, 2.45) is 13.0 Å². The molecule has 0 N–H and O–H groups in total. The second-order valence-electron chi connectivity index (χ2n) is 8.35. The second kappa shape index (κ2) is 9.26. The Labute approximate surface area is 171 Å². The SMILES string of the molecule is CCCn1c(N(CC2CCCCC2)CC2COCCO2)nc2cnn(C)c2c1=O. The van der Waals surface area contributed by atoms with Gasteiger partial charge >= 0.3 is 0 Å². The maximum Gasteiger partial charge on any atom is 0.281 e. The minimum Gasteiger partial charge on any atom is -0.376 e. The van der Waals surface area contributed by atoms with Crippen LogP contribution < -0.4 is 10.5 Å². The lowest BCUT2D eigenvalue weighted by Crippen LogP contribution is -2.44. The molecule has 2 fully saturated rings. The minimum absolute atomic E-state index is 0.00362. The summed E-state index contributed by atoms with van der Waals surface area (Å²) in [5.41, 5.74) is 1.22. The molecule has 0 aromatic carbocycles. The van der Waals surface area contributed by atoms with Crippen LogP contribution in [0.4, 0.5) is 5.95 Å². The molecule has 1 atom stereocenters. The summed E-state index contributed by atoms with van der Waals surface area (Å²) in [4.78, 5) is 20.5. The molecular formula is C21H33N5O3. The van der Waals surface area contributed by atoms with E-state index >= 15 is 0 Å². The normalized spacial score (nSPS) is 21.0. The molecule has 1 aliphatic heterocycles. The lowest BCUT2D eigenvalue weighted by molar-refractivity contribution is -0.0843. The van der Waals surface area contributed by atoms with Gasteiger partial charge in [-0.15, -0.1) is 0 Å². The third-order valence-electron chi connectivity index (χ3n) is 6.07. The van der Waals surface area contributed by atoms with Gasteiger partial charge in [0.2, 0.25) is 5.95 Å². The van der Waals surface area contributed by atoms with E-state index in [2.05, 4.69) is 16.9 Å². The number of aromatic nitrogens is 4. The Kier molecular flexibility index (Phi) is 6.50. The number of ether oxygens (including phenoxy) is 2. The van der Waals surface area contributed by atoms with Crippen molar-refractivity contribution < 1.29 is 9.47 Å². The van der Waals surface area contributed by atoms with Crippen LogP contribution in [0.25, 0.3) is 11.0 Å². The maximum absolute atomic E-state index is 13.3. The second-order valence-corrected chi connectivity index (χ2v) is 8.35. The van der Waals surface area contributed by atoms with E-state index in [1.165, 1.54) is 32.1 Å². The van der Waals surface area contributed by atoms with Crippen molar-refractivity contribution in [2.75, 3.05) is 37.8 Å². The summed E-state index contributed by atoms with van der Waals surface area (Å²) >= 11 is 0. The van der Waals surface area contributed by atoms with Gasteiger partial charge in [-0.2, -0.15) is 5.10 Å². The number of hydrogen-bond acceptors (Lipinski definition) is 6. The van der Waals surface area contributed by atoms with E-state index in [0.717, 1.165) is 18.9 Å². The van der Waals surface area contributed by atoms with Gasteiger partial charge in [-0.3, -0.25) is 14.0 Å². The van der Waals surface area contributed by atoms with E-state index in [1.807, 2.05) is 4.57 Å². The molecule has 2 aromatic rings. The molecule has 4 rings (SSSR count). The zero-order chi connectivity index (χ0) is 20.2. The molecule has 1 saturated heterocycles. The Balaban J connectivity index is 1.71. The van der Waals surface area contributed by atoms with Gasteiger partial charge in [-0.25, -0.2) is 4.98 Å². The fraction of sp³-hybridized carbons (Fsp3) is 0.762. The predicted octanol–water partition coefficient (Wildman–Crippen LogP) is 2.34. The Morgan fingerprint density at radius 1 is 1.21 bits per heavy atom. The summed E-state index contributed by atoms with van der Waals surface area (Å²) in [5.74, 6) is 1.38. The van der Waals surface area contributed by atoms with E-state index in [9.17, 15) is 4.79 Å². The van der Waals surface area contributed by atoms with E-state index in [0.29, 0.717) is 49.9 Å². The molecule has 3 heterocycles. The first kappa shape index (κ1) is 20.3. The summed E-state index contributed by atoms with van der Waals surface area (Å²) in [6, 6.07) is 0. The van der Waals surface area contributed by atoms with Crippen molar-refractivity contribution in [3.8, 4) is 0 Å². The first-order valence-electron chi connectivity index (χ1n) is 11.0. The molecule has 8 nitrogen and oxygen atoms in total. The van der Waals surface area contributed by atoms with E-state index in [4.69, 9.17) is 14.5 Å². The highest BCUT2D eigenvalue weighted by atomic mass is 16.6. The van der Waals surface area contributed by atoms with Gasteiger partial charge in [0.15, 0.2) is 5.52 Å². The van der Waals surface area contributed by atoms with Crippen LogP contribution in [0, 0.1) is 5.92 Å². The number of hydrogen-bond donors (Lipinski definition) is 0. The highest BCUT2D eigenvalue weighted by Crippen LogP contribution is 2.27. The van der Waals surface area contributed by atoms with Crippen LogP contribution in [0.15, 0.2) is 11.0 Å².